The first-order valence-electron chi connectivity index (χ1n) is 12.3. The first-order valence-corrected chi connectivity index (χ1v) is 12.3. The lowest BCUT2D eigenvalue weighted by Gasteiger charge is -2.14. The molecule has 0 fully saturated rings. The van der Waals surface area contributed by atoms with Crippen LogP contribution in [0.15, 0.2) is 39.6 Å². The van der Waals surface area contributed by atoms with E-state index in [9.17, 15) is 9.59 Å². The quantitative estimate of drug-likeness (QED) is 0.0888. The molecule has 0 N–H and O–H groups in total. The molecule has 33 heavy (non-hydrogen) atoms. The van der Waals surface area contributed by atoms with Gasteiger partial charge in [-0.3, -0.25) is 4.79 Å². The van der Waals surface area contributed by atoms with E-state index in [0.29, 0.717) is 30.1 Å². The number of ether oxygens (including phenoxy) is 3. The van der Waals surface area contributed by atoms with Crippen molar-refractivity contribution in [1.29, 1.82) is 0 Å². The van der Waals surface area contributed by atoms with Gasteiger partial charge in [-0.15, -0.1) is 0 Å². The van der Waals surface area contributed by atoms with Crippen LogP contribution in [-0.4, -0.2) is 19.2 Å². The second-order valence-corrected chi connectivity index (χ2v) is 8.14. The van der Waals surface area contributed by atoms with Crippen molar-refractivity contribution in [1.82, 2.24) is 0 Å². The van der Waals surface area contributed by atoms with E-state index >= 15 is 0 Å². The van der Waals surface area contributed by atoms with Crippen LogP contribution in [0.4, 0.5) is 0 Å². The van der Waals surface area contributed by atoms with Crippen LogP contribution in [0.2, 0.25) is 0 Å². The third-order valence-electron chi connectivity index (χ3n) is 5.23. The molecule has 0 saturated carbocycles. The van der Waals surface area contributed by atoms with Crippen molar-refractivity contribution >= 4 is 16.9 Å². The molecule has 0 bridgehead atoms. The van der Waals surface area contributed by atoms with Crippen molar-refractivity contribution in [2.24, 2.45) is 0 Å². The second kappa shape index (κ2) is 15.1. The summed E-state index contributed by atoms with van der Waals surface area (Å²) in [5.74, 6) is 0.342. The fraction of sp³-hybridized carbons (Fsp3) is 0.556. The van der Waals surface area contributed by atoms with E-state index in [1.807, 2.05) is 6.08 Å². The van der Waals surface area contributed by atoms with Gasteiger partial charge in [-0.25, -0.2) is 4.79 Å². The third-order valence-corrected chi connectivity index (χ3v) is 5.23. The summed E-state index contributed by atoms with van der Waals surface area (Å²) in [6.45, 7) is 6.46. The molecule has 0 radical (unpaired) electrons. The molecule has 0 aliphatic rings. The summed E-state index contributed by atoms with van der Waals surface area (Å²) < 4.78 is 22.4. The number of hydrogen-bond donors (Lipinski definition) is 0. The molecular formula is C27H38O6. The van der Waals surface area contributed by atoms with E-state index in [1.165, 1.54) is 51.5 Å². The summed E-state index contributed by atoms with van der Waals surface area (Å²) in [5.41, 5.74) is -0.307. The van der Waals surface area contributed by atoms with Crippen LogP contribution in [0.25, 0.3) is 11.0 Å². The molecule has 0 saturated heterocycles. The van der Waals surface area contributed by atoms with Gasteiger partial charge in [0.15, 0.2) is 5.75 Å². The van der Waals surface area contributed by atoms with E-state index in [-0.39, 0.29) is 11.3 Å². The fourth-order valence-corrected chi connectivity index (χ4v) is 3.56. The van der Waals surface area contributed by atoms with Crippen molar-refractivity contribution < 1.29 is 23.4 Å². The Labute approximate surface area is 196 Å². The number of carbonyl (C=O) groups excluding carboxylic acids is 1. The Hall–Kier alpha value is -2.76. The lowest BCUT2D eigenvalue weighted by molar-refractivity contribution is -0.131. The van der Waals surface area contributed by atoms with Gasteiger partial charge in [-0.05, 0) is 31.4 Å². The SMILES string of the molecule is CCC=CCCOc1c(OCCCCCCCCCC)c(=O)oc2cc(OC(C)=O)ccc12. The van der Waals surface area contributed by atoms with E-state index < -0.39 is 11.6 Å². The van der Waals surface area contributed by atoms with Crippen molar-refractivity contribution in [2.45, 2.75) is 85.0 Å². The maximum atomic E-state index is 12.7. The molecule has 0 amide bonds. The molecule has 0 spiro atoms. The van der Waals surface area contributed by atoms with Gasteiger partial charge in [0.25, 0.3) is 0 Å². The van der Waals surface area contributed by atoms with Crippen LogP contribution in [0.3, 0.4) is 0 Å². The van der Waals surface area contributed by atoms with Crippen LogP contribution >= 0.6 is 0 Å². The summed E-state index contributed by atoms with van der Waals surface area (Å²) in [4.78, 5) is 24.0. The predicted octanol–water partition coefficient (Wildman–Crippen LogP) is 6.97. The molecule has 0 aliphatic heterocycles. The monoisotopic (exact) mass is 458 g/mol. The van der Waals surface area contributed by atoms with Crippen LogP contribution in [0, 0.1) is 0 Å². The molecule has 1 aromatic heterocycles. The predicted molar refractivity (Wildman–Crippen MR) is 131 cm³/mol. The molecule has 2 aromatic rings. The standard InChI is InChI=1S/C27H38O6/c1-4-6-8-10-11-12-13-15-19-31-26-25(30-18-14-9-7-5-2)23-17-16-22(32-21(3)28)20-24(23)33-27(26)29/h7,9,16-17,20H,4-6,8,10-15,18-19H2,1-3H3. The lowest BCUT2D eigenvalue weighted by Crippen LogP contribution is -2.12. The van der Waals surface area contributed by atoms with Gasteiger partial charge < -0.3 is 18.6 Å². The molecule has 0 unspecified atom stereocenters. The van der Waals surface area contributed by atoms with Crippen molar-refractivity contribution in [2.75, 3.05) is 13.2 Å². The number of esters is 1. The minimum Gasteiger partial charge on any atom is -0.488 e. The Morgan fingerprint density at radius 2 is 1.61 bits per heavy atom. The highest BCUT2D eigenvalue weighted by Gasteiger charge is 2.18. The summed E-state index contributed by atoms with van der Waals surface area (Å²) in [6, 6.07) is 4.89. The number of benzene rings is 1. The van der Waals surface area contributed by atoms with Crippen molar-refractivity contribution in [3.63, 3.8) is 0 Å². The normalized spacial score (nSPS) is 11.2. The molecule has 182 valence electrons. The number of fused-ring (bicyclic) bond motifs is 1. The summed E-state index contributed by atoms with van der Waals surface area (Å²) in [7, 11) is 0. The van der Waals surface area contributed by atoms with E-state index in [1.54, 1.807) is 12.1 Å². The maximum absolute atomic E-state index is 12.7. The Morgan fingerprint density at radius 3 is 2.30 bits per heavy atom. The highest BCUT2D eigenvalue weighted by molar-refractivity contribution is 5.87. The van der Waals surface area contributed by atoms with Crippen LogP contribution in [-0.2, 0) is 4.79 Å². The average molecular weight is 459 g/mol. The van der Waals surface area contributed by atoms with Crippen LogP contribution in [0.5, 0.6) is 17.2 Å². The van der Waals surface area contributed by atoms with Gasteiger partial charge in [0.2, 0.25) is 5.75 Å². The Morgan fingerprint density at radius 1 is 0.909 bits per heavy atom. The smallest absolute Gasteiger partial charge is 0.383 e. The first-order chi connectivity index (χ1) is 16.1. The molecule has 1 aromatic carbocycles. The number of unbranched alkanes of at least 4 members (excludes halogenated alkanes) is 7. The van der Waals surface area contributed by atoms with E-state index in [2.05, 4.69) is 19.9 Å². The highest BCUT2D eigenvalue weighted by Crippen LogP contribution is 2.35. The number of carbonyl (C=O) groups is 1. The molecule has 6 nitrogen and oxygen atoms in total. The Kier molecular flexibility index (Phi) is 12.2. The van der Waals surface area contributed by atoms with Crippen LogP contribution < -0.4 is 19.8 Å². The zero-order valence-electron chi connectivity index (χ0n) is 20.3. The van der Waals surface area contributed by atoms with Crippen molar-refractivity contribution in [3.05, 3.63) is 40.8 Å². The fourth-order valence-electron chi connectivity index (χ4n) is 3.56. The third kappa shape index (κ3) is 9.32. The van der Waals surface area contributed by atoms with Gasteiger partial charge >= 0.3 is 11.6 Å². The molecule has 2 rings (SSSR count). The van der Waals surface area contributed by atoms with Crippen molar-refractivity contribution in [3.8, 4) is 17.2 Å². The van der Waals surface area contributed by atoms with Gasteiger partial charge in [-0.2, -0.15) is 0 Å². The number of rotatable bonds is 16. The summed E-state index contributed by atoms with van der Waals surface area (Å²) in [5, 5.41) is 0.607. The zero-order chi connectivity index (χ0) is 23.9. The number of allylic oxidation sites excluding steroid dienone is 1. The first kappa shape index (κ1) is 26.5. The van der Waals surface area contributed by atoms with Gasteiger partial charge in [-0.1, -0.05) is 70.9 Å². The lowest BCUT2D eigenvalue weighted by atomic mass is 10.1. The van der Waals surface area contributed by atoms with Gasteiger partial charge in [0.05, 0.1) is 18.6 Å². The molecule has 6 heteroatoms. The molecule has 0 atom stereocenters. The van der Waals surface area contributed by atoms with Gasteiger partial charge in [0.1, 0.15) is 11.3 Å². The number of hydrogen-bond acceptors (Lipinski definition) is 6. The molecule has 1 heterocycles. The summed E-state index contributed by atoms with van der Waals surface area (Å²) in [6.07, 6.45) is 15.3. The largest absolute Gasteiger partial charge is 0.488 e. The van der Waals surface area contributed by atoms with Gasteiger partial charge in [0, 0.05) is 13.0 Å². The minimum atomic E-state index is -0.596. The molecular weight excluding hydrogens is 420 g/mol. The second-order valence-electron chi connectivity index (χ2n) is 8.14. The topological polar surface area (TPSA) is 75.0 Å². The molecule has 0 aliphatic carbocycles. The van der Waals surface area contributed by atoms with E-state index in [4.69, 9.17) is 18.6 Å². The maximum Gasteiger partial charge on any atom is 0.383 e. The zero-order valence-corrected chi connectivity index (χ0v) is 20.3. The Bertz CT molecular complexity index is 944. The Balaban J connectivity index is 2.09. The van der Waals surface area contributed by atoms with Crippen LogP contribution in [0.1, 0.15) is 85.0 Å². The average Bonchev–Trinajstić information content (AvgIpc) is 2.78. The summed E-state index contributed by atoms with van der Waals surface area (Å²) >= 11 is 0. The van der Waals surface area contributed by atoms with E-state index in [0.717, 1.165) is 25.7 Å². The highest BCUT2D eigenvalue weighted by atomic mass is 16.5. The minimum absolute atomic E-state index is 0.102.